The number of aliphatic hydroxyl groups is 2. The van der Waals surface area contributed by atoms with Crippen LogP contribution in [0, 0.1) is 28.6 Å². The van der Waals surface area contributed by atoms with Crippen molar-refractivity contribution in [1.82, 2.24) is 9.78 Å². The number of nitrogens with zero attached hydrogens (tertiary/aromatic N) is 2. The van der Waals surface area contributed by atoms with E-state index in [0.29, 0.717) is 18.6 Å². The number of aliphatic hydroxyl groups excluding tert-OH is 1. The summed E-state index contributed by atoms with van der Waals surface area (Å²) in [7, 11) is 0. The fourth-order valence-corrected chi connectivity index (χ4v) is 9.95. The van der Waals surface area contributed by atoms with E-state index in [9.17, 15) is 15.0 Å². The van der Waals surface area contributed by atoms with Crippen LogP contribution in [-0.4, -0.2) is 44.1 Å². The molecule has 3 fully saturated rings. The van der Waals surface area contributed by atoms with E-state index in [1.807, 2.05) is 71.5 Å². The van der Waals surface area contributed by atoms with Crippen molar-refractivity contribution in [2.75, 3.05) is 6.61 Å². The highest BCUT2D eigenvalue weighted by Crippen LogP contribution is 2.67. The van der Waals surface area contributed by atoms with Crippen molar-refractivity contribution in [3.8, 4) is 11.4 Å². The Balaban J connectivity index is 1.04. The van der Waals surface area contributed by atoms with Gasteiger partial charge in [0.15, 0.2) is 0 Å². The van der Waals surface area contributed by atoms with Crippen LogP contribution < -0.4 is 4.74 Å². The number of carbonyl (C=O) groups excluding carboxylic acids is 1. The highest BCUT2D eigenvalue weighted by molar-refractivity contribution is 5.90. The maximum Gasteiger partial charge on any atom is 0.202 e. The molecule has 226 valence electrons. The van der Waals surface area contributed by atoms with E-state index >= 15 is 0 Å². The first-order chi connectivity index (χ1) is 21.2. The third-order valence-electron chi connectivity index (χ3n) is 12.1. The molecular weight excluding hydrogens is 548 g/mol. The van der Waals surface area contributed by atoms with Crippen molar-refractivity contribution in [1.29, 1.82) is 0 Å². The molecule has 0 saturated heterocycles. The number of hydrogen-bond donors (Lipinski definition) is 2. The van der Waals surface area contributed by atoms with Crippen LogP contribution in [0.5, 0.6) is 5.75 Å². The molecule has 4 aromatic rings. The number of aromatic nitrogens is 2. The van der Waals surface area contributed by atoms with Crippen LogP contribution in [0.4, 0.5) is 0 Å². The fraction of sp³-hybridized carbons (Fsp3) is 0.421. The monoisotopic (exact) mass is 588 g/mol. The van der Waals surface area contributed by atoms with Crippen LogP contribution in [0.1, 0.15) is 57.2 Å². The second kappa shape index (κ2) is 9.88. The molecule has 4 aliphatic rings. The number of hydrogen-bond acceptors (Lipinski definition) is 5. The van der Waals surface area contributed by atoms with Crippen LogP contribution in [0.15, 0.2) is 84.6 Å². The van der Waals surface area contributed by atoms with E-state index in [1.165, 1.54) is 11.1 Å². The molecule has 0 amide bonds. The highest BCUT2D eigenvalue weighted by atomic mass is 16.5. The summed E-state index contributed by atoms with van der Waals surface area (Å²) in [5.41, 5.74) is 2.39. The lowest BCUT2D eigenvalue weighted by Gasteiger charge is -2.60. The zero-order valence-electron chi connectivity index (χ0n) is 25.4. The van der Waals surface area contributed by atoms with Gasteiger partial charge in [0, 0.05) is 5.41 Å². The molecule has 7 atom stereocenters. The Morgan fingerprint density at radius 3 is 2.61 bits per heavy atom. The molecule has 0 spiro atoms. The minimum atomic E-state index is -1.52. The van der Waals surface area contributed by atoms with E-state index in [0.717, 1.165) is 47.8 Å². The summed E-state index contributed by atoms with van der Waals surface area (Å²) in [5, 5.41) is 31.0. The van der Waals surface area contributed by atoms with Gasteiger partial charge in [-0.15, -0.1) is 0 Å². The number of allylic oxidation sites excluding steroid dienone is 1. The van der Waals surface area contributed by atoms with Crippen molar-refractivity contribution in [2.45, 2.75) is 64.1 Å². The Hall–Kier alpha value is -3.74. The van der Waals surface area contributed by atoms with E-state index in [2.05, 4.69) is 32.1 Å². The Labute approximate surface area is 258 Å². The molecule has 2 N–H and O–H groups in total. The zero-order valence-corrected chi connectivity index (χ0v) is 25.4. The molecule has 0 aliphatic heterocycles. The van der Waals surface area contributed by atoms with Gasteiger partial charge in [0.05, 0.1) is 23.7 Å². The van der Waals surface area contributed by atoms with E-state index < -0.39 is 17.1 Å². The number of rotatable bonds is 5. The first-order valence-electron chi connectivity index (χ1n) is 16.1. The number of fused-ring (bicyclic) bond motifs is 7. The van der Waals surface area contributed by atoms with Crippen molar-refractivity contribution >= 4 is 22.6 Å². The van der Waals surface area contributed by atoms with Crippen LogP contribution in [0.25, 0.3) is 22.5 Å². The molecular formula is C38H40N2O4. The molecule has 4 aliphatic carbocycles. The van der Waals surface area contributed by atoms with Crippen LogP contribution >= 0.6 is 0 Å². The second-order valence-corrected chi connectivity index (χ2v) is 14.2. The lowest BCUT2D eigenvalue weighted by molar-refractivity contribution is -0.180. The highest BCUT2D eigenvalue weighted by Gasteiger charge is 2.68. The van der Waals surface area contributed by atoms with Crippen molar-refractivity contribution in [3.05, 3.63) is 95.8 Å². The topological polar surface area (TPSA) is 84.6 Å². The Morgan fingerprint density at radius 2 is 1.80 bits per heavy atom. The molecule has 6 nitrogen and oxygen atoms in total. The smallest absolute Gasteiger partial charge is 0.202 e. The van der Waals surface area contributed by atoms with Crippen LogP contribution in [0.2, 0.25) is 0 Å². The SMILES string of the molecule is CC12Cc3cnn(-c4ccccc4)c3C=C1CCC1C2[C@@H](O)CC2(C)C1CC[C@]2(O)C(=O)COc1ccc2ccccc2c1. The van der Waals surface area contributed by atoms with Gasteiger partial charge in [-0.05, 0) is 108 Å². The van der Waals surface area contributed by atoms with Crippen LogP contribution in [-0.2, 0) is 11.2 Å². The molecule has 44 heavy (non-hydrogen) atoms. The number of para-hydroxylation sites is 1. The average molecular weight is 589 g/mol. The van der Waals surface area contributed by atoms with E-state index in [4.69, 9.17) is 9.84 Å². The van der Waals surface area contributed by atoms with Crippen molar-refractivity contribution < 1.29 is 19.7 Å². The van der Waals surface area contributed by atoms with Crippen molar-refractivity contribution in [2.24, 2.45) is 28.6 Å². The van der Waals surface area contributed by atoms with Gasteiger partial charge in [0.1, 0.15) is 18.0 Å². The number of ketones is 1. The molecule has 6 heteroatoms. The second-order valence-electron chi connectivity index (χ2n) is 14.2. The molecule has 0 bridgehead atoms. The molecule has 3 saturated carbocycles. The van der Waals surface area contributed by atoms with Gasteiger partial charge in [-0.1, -0.05) is 68.0 Å². The molecule has 8 rings (SSSR count). The summed E-state index contributed by atoms with van der Waals surface area (Å²) in [6, 6.07) is 24.1. The maximum absolute atomic E-state index is 13.8. The maximum atomic E-state index is 13.8. The standard InChI is InChI=1S/C38H40N2O4/c1-36-20-26-22-39-40(28-10-4-3-5-11-28)32(26)19-27(36)13-15-30-31-16-17-38(43,37(31,2)21-33(41)35(30)36)34(42)23-44-29-14-12-24-8-6-7-9-25(24)18-29/h3-12,14,18-19,22,30-31,33,35,41,43H,13,15-17,20-21,23H2,1-2H3/t30?,31?,33-,35?,36?,37?,38-/m0/s1. The number of benzene rings is 3. The Bertz CT molecular complexity index is 1790. The molecule has 1 heterocycles. The molecule has 0 radical (unpaired) electrons. The molecule has 1 aromatic heterocycles. The third kappa shape index (κ3) is 3.93. The van der Waals surface area contributed by atoms with Gasteiger partial charge >= 0.3 is 0 Å². The van der Waals surface area contributed by atoms with Gasteiger partial charge in [0.2, 0.25) is 5.78 Å². The lowest BCUT2D eigenvalue weighted by atomic mass is 9.45. The quantitative estimate of drug-likeness (QED) is 0.276. The predicted octanol–water partition coefficient (Wildman–Crippen LogP) is 6.56. The lowest BCUT2D eigenvalue weighted by Crippen LogP contribution is -2.62. The van der Waals surface area contributed by atoms with Gasteiger partial charge < -0.3 is 14.9 Å². The summed E-state index contributed by atoms with van der Waals surface area (Å²) in [4.78, 5) is 13.8. The summed E-state index contributed by atoms with van der Waals surface area (Å²) < 4.78 is 8.01. The van der Waals surface area contributed by atoms with Gasteiger partial charge in [-0.2, -0.15) is 5.10 Å². The Morgan fingerprint density at radius 1 is 1.02 bits per heavy atom. The van der Waals surface area contributed by atoms with Gasteiger partial charge in [0.25, 0.3) is 0 Å². The molecule has 5 unspecified atom stereocenters. The summed E-state index contributed by atoms with van der Waals surface area (Å²) in [6.07, 6.45) is 8.07. The van der Waals surface area contributed by atoms with Gasteiger partial charge in [-0.3, -0.25) is 4.79 Å². The largest absolute Gasteiger partial charge is 0.486 e. The van der Waals surface area contributed by atoms with E-state index in [-0.39, 0.29) is 35.6 Å². The Kier molecular flexibility index (Phi) is 6.24. The third-order valence-corrected chi connectivity index (χ3v) is 12.1. The number of Topliss-reactive ketones (excluding diaryl/α,β-unsaturated/α-hetero) is 1. The first-order valence-corrected chi connectivity index (χ1v) is 16.1. The fourth-order valence-electron chi connectivity index (χ4n) is 9.95. The average Bonchev–Trinajstić information content (AvgIpc) is 3.55. The minimum absolute atomic E-state index is 0.0695. The zero-order chi connectivity index (χ0) is 30.3. The summed E-state index contributed by atoms with van der Waals surface area (Å²) >= 11 is 0. The van der Waals surface area contributed by atoms with Crippen LogP contribution in [0.3, 0.4) is 0 Å². The first kappa shape index (κ1) is 27.8. The summed E-state index contributed by atoms with van der Waals surface area (Å²) in [5.74, 6) is 0.813. The minimum Gasteiger partial charge on any atom is -0.486 e. The number of ether oxygens (including phenoxy) is 1. The van der Waals surface area contributed by atoms with E-state index in [1.54, 1.807) is 0 Å². The normalized spacial score (nSPS) is 34.0. The van der Waals surface area contributed by atoms with Crippen molar-refractivity contribution in [3.63, 3.8) is 0 Å². The van der Waals surface area contributed by atoms with Gasteiger partial charge in [-0.25, -0.2) is 4.68 Å². The summed E-state index contributed by atoms with van der Waals surface area (Å²) in [6.45, 7) is 4.20. The predicted molar refractivity (Wildman–Crippen MR) is 170 cm³/mol. The number of carbonyl (C=O) groups is 1. The molecule has 3 aromatic carbocycles.